The fraction of sp³-hybridized carbons (Fsp3) is 0.346. The van der Waals surface area contributed by atoms with Gasteiger partial charge in [0.1, 0.15) is 24.8 Å². The number of carbonyl (C=O) groups excluding carboxylic acids is 3. The van der Waals surface area contributed by atoms with Gasteiger partial charge in [-0.15, -0.1) is 0 Å². The highest BCUT2D eigenvalue weighted by Gasteiger charge is 2.55. The van der Waals surface area contributed by atoms with E-state index in [-0.39, 0.29) is 25.1 Å². The molecule has 2 aliphatic heterocycles. The van der Waals surface area contributed by atoms with E-state index in [1.165, 1.54) is 9.80 Å². The number of likely N-dealkylation sites (tertiary alicyclic amines) is 1. The van der Waals surface area contributed by atoms with Crippen LogP contribution in [0.1, 0.15) is 37.9 Å². The van der Waals surface area contributed by atoms with E-state index in [0.29, 0.717) is 0 Å². The third-order valence-electron chi connectivity index (χ3n) is 5.62. The third kappa shape index (κ3) is 4.92. The number of benzene rings is 2. The van der Waals surface area contributed by atoms with Crippen LogP contribution in [-0.2, 0) is 19.1 Å². The van der Waals surface area contributed by atoms with E-state index in [2.05, 4.69) is 0 Å². The molecule has 2 aromatic rings. The molecule has 2 fully saturated rings. The second-order valence-electron chi connectivity index (χ2n) is 9.17. The first-order valence-electron chi connectivity index (χ1n) is 11.0. The molecule has 0 N–H and O–H groups in total. The first kappa shape index (κ1) is 22.6. The van der Waals surface area contributed by atoms with Gasteiger partial charge in [-0.05, 0) is 31.9 Å². The van der Waals surface area contributed by atoms with Crippen LogP contribution >= 0.6 is 0 Å². The summed E-state index contributed by atoms with van der Waals surface area (Å²) in [5, 5.41) is 0. The second-order valence-corrected chi connectivity index (χ2v) is 9.17. The molecule has 2 aliphatic rings. The average molecular weight is 449 g/mol. The minimum Gasteiger partial charge on any atom is -0.459 e. The van der Waals surface area contributed by atoms with Crippen LogP contribution in [-0.4, -0.2) is 58.6 Å². The monoisotopic (exact) mass is 448 g/mol. The number of nitrogens with zero attached hydrogens (tertiary/aromatic N) is 2. The molecule has 0 radical (unpaired) electrons. The molecule has 7 nitrogen and oxygen atoms in total. The first-order chi connectivity index (χ1) is 15.7. The number of rotatable bonds is 6. The van der Waals surface area contributed by atoms with Gasteiger partial charge >= 0.3 is 12.1 Å². The van der Waals surface area contributed by atoms with Gasteiger partial charge in [0.05, 0.1) is 12.1 Å². The number of carbonyl (C=O) groups is 3. The van der Waals surface area contributed by atoms with Crippen molar-refractivity contribution >= 4 is 24.0 Å². The van der Waals surface area contributed by atoms with Gasteiger partial charge in [-0.1, -0.05) is 72.8 Å². The van der Waals surface area contributed by atoms with E-state index in [1.807, 2.05) is 72.8 Å². The number of cyclic esters (lactones) is 1. The lowest BCUT2D eigenvalue weighted by atomic mass is 9.90. The van der Waals surface area contributed by atoms with Gasteiger partial charge in [0, 0.05) is 0 Å². The predicted molar refractivity (Wildman–Crippen MR) is 123 cm³/mol. The number of amides is 2. The van der Waals surface area contributed by atoms with Gasteiger partial charge < -0.3 is 14.4 Å². The Morgan fingerprint density at radius 3 is 2.33 bits per heavy atom. The lowest BCUT2D eigenvalue weighted by molar-refractivity contribution is -0.168. The second kappa shape index (κ2) is 9.10. The molecule has 33 heavy (non-hydrogen) atoms. The molecule has 0 aliphatic carbocycles. The largest absolute Gasteiger partial charge is 0.459 e. The van der Waals surface area contributed by atoms with Gasteiger partial charge in [-0.2, -0.15) is 0 Å². The molecule has 2 aromatic carbocycles. The predicted octanol–water partition coefficient (Wildman–Crippen LogP) is 3.81. The summed E-state index contributed by atoms with van der Waals surface area (Å²) in [6.45, 7) is 5.33. The number of esters is 1. The average Bonchev–Trinajstić information content (AvgIpc) is 3.15. The Morgan fingerprint density at radius 2 is 1.70 bits per heavy atom. The maximum atomic E-state index is 13.2. The summed E-state index contributed by atoms with van der Waals surface area (Å²) < 4.78 is 10.7. The molecule has 0 spiro atoms. The maximum absolute atomic E-state index is 13.2. The summed E-state index contributed by atoms with van der Waals surface area (Å²) in [5.41, 5.74) is 1.20. The molecular formula is C26H28N2O5. The highest BCUT2D eigenvalue weighted by Crippen LogP contribution is 2.37. The van der Waals surface area contributed by atoms with Gasteiger partial charge in [0.25, 0.3) is 0 Å². The summed E-state index contributed by atoms with van der Waals surface area (Å²) in [5.74, 6) is -0.792. The van der Waals surface area contributed by atoms with Gasteiger partial charge in [-0.3, -0.25) is 14.5 Å². The summed E-state index contributed by atoms with van der Waals surface area (Å²) in [6.07, 6.45) is 3.22. The first-order valence-corrected chi connectivity index (χ1v) is 11.0. The van der Waals surface area contributed by atoms with Crippen molar-refractivity contribution in [2.24, 2.45) is 0 Å². The number of hydrogen-bond donors (Lipinski definition) is 0. The minimum absolute atomic E-state index is 0.174. The van der Waals surface area contributed by atoms with E-state index in [4.69, 9.17) is 9.47 Å². The summed E-state index contributed by atoms with van der Waals surface area (Å²) >= 11 is 0. The van der Waals surface area contributed by atoms with Crippen LogP contribution in [0.4, 0.5) is 4.79 Å². The molecule has 7 heteroatoms. The lowest BCUT2D eigenvalue weighted by Crippen LogP contribution is -2.71. The Balaban J connectivity index is 1.61. The number of β-lactam (4-membered cyclic amide) rings is 1. The van der Waals surface area contributed by atoms with Crippen LogP contribution < -0.4 is 0 Å². The Kier molecular flexibility index (Phi) is 6.22. The minimum atomic E-state index is -0.757. The van der Waals surface area contributed by atoms with E-state index in [0.717, 1.165) is 11.1 Å². The molecule has 172 valence electrons. The molecule has 2 saturated heterocycles. The van der Waals surface area contributed by atoms with E-state index < -0.39 is 29.7 Å². The molecule has 2 heterocycles. The Labute approximate surface area is 193 Å². The Hall–Kier alpha value is -3.61. The van der Waals surface area contributed by atoms with Gasteiger partial charge in [0.15, 0.2) is 0 Å². The van der Waals surface area contributed by atoms with E-state index in [9.17, 15) is 14.4 Å². The molecule has 0 aromatic heterocycles. The van der Waals surface area contributed by atoms with Crippen molar-refractivity contribution in [3.8, 4) is 0 Å². The molecule has 0 bridgehead atoms. The van der Waals surface area contributed by atoms with Crippen molar-refractivity contribution in [1.29, 1.82) is 0 Å². The highest BCUT2D eigenvalue weighted by atomic mass is 16.6. The van der Waals surface area contributed by atoms with Crippen LogP contribution in [0.25, 0.3) is 6.08 Å². The van der Waals surface area contributed by atoms with E-state index >= 15 is 0 Å². The van der Waals surface area contributed by atoms with Crippen molar-refractivity contribution in [2.75, 3.05) is 13.2 Å². The SMILES string of the molecule is CC(C)(C)OC(=O)CN1C(=O)C(N2C(=O)OC[C@@H]2c2ccccc2)C1C=Cc1ccccc1. The zero-order valence-corrected chi connectivity index (χ0v) is 19.0. The molecule has 2 amide bonds. The zero-order chi connectivity index (χ0) is 23.6. The van der Waals surface area contributed by atoms with Crippen molar-refractivity contribution < 1.29 is 23.9 Å². The maximum Gasteiger partial charge on any atom is 0.411 e. The quantitative estimate of drug-likeness (QED) is 0.496. The highest BCUT2D eigenvalue weighted by molar-refractivity contribution is 5.96. The molecule has 0 saturated carbocycles. The zero-order valence-electron chi connectivity index (χ0n) is 19.0. The molecular weight excluding hydrogens is 420 g/mol. The Morgan fingerprint density at radius 1 is 1.06 bits per heavy atom. The van der Waals surface area contributed by atoms with Crippen LogP contribution in [0.15, 0.2) is 66.7 Å². The molecule has 2 unspecified atom stereocenters. The summed E-state index contributed by atoms with van der Waals surface area (Å²) in [7, 11) is 0. The van der Waals surface area contributed by atoms with Crippen molar-refractivity contribution in [2.45, 2.75) is 44.5 Å². The third-order valence-corrected chi connectivity index (χ3v) is 5.62. The summed E-state index contributed by atoms with van der Waals surface area (Å²) in [4.78, 5) is 41.3. The van der Waals surface area contributed by atoms with Crippen LogP contribution in [0.2, 0.25) is 0 Å². The molecule has 4 rings (SSSR count). The molecule has 3 atom stereocenters. The van der Waals surface area contributed by atoms with Crippen LogP contribution in [0.5, 0.6) is 0 Å². The van der Waals surface area contributed by atoms with Crippen LogP contribution in [0.3, 0.4) is 0 Å². The number of hydrogen-bond acceptors (Lipinski definition) is 5. The van der Waals surface area contributed by atoms with E-state index in [1.54, 1.807) is 20.8 Å². The lowest BCUT2D eigenvalue weighted by Gasteiger charge is -2.49. The summed E-state index contributed by atoms with van der Waals surface area (Å²) in [6, 6.07) is 17.5. The number of ether oxygens (including phenoxy) is 2. The standard InChI is InChI=1S/C26H28N2O5/c1-26(2,3)33-22(29)16-27-20(15-14-18-10-6-4-7-11-18)23(24(27)30)28-21(17-32-25(28)31)19-12-8-5-9-13-19/h4-15,20-21,23H,16-17H2,1-3H3/t20?,21-,23?/m1/s1. The van der Waals surface area contributed by atoms with Gasteiger partial charge in [-0.25, -0.2) is 4.79 Å². The van der Waals surface area contributed by atoms with Crippen LogP contribution in [0, 0.1) is 0 Å². The Bertz CT molecular complexity index is 1050. The van der Waals surface area contributed by atoms with Crippen molar-refractivity contribution in [3.05, 3.63) is 77.9 Å². The topological polar surface area (TPSA) is 76.2 Å². The van der Waals surface area contributed by atoms with Crippen molar-refractivity contribution in [3.63, 3.8) is 0 Å². The fourth-order valence-electron chi connectivity index (χ4n) is 4.19. The normalized spacial score (nSPS) is 22.9. The van der Waals surface area contributed by atoms with Crippen molar-refractivity contribution in [1.82, 2.24) is 9.80 Å². The van der Waals surface area contributed by atoms with Gasteiger partial charge in [0.2, 0.25) is 5.91 Å². The fourth-order valence-corrected chi connectivity index (χ4v) is 4.19. The smallest absolute Gasteiger partial charge is 0.411 e.